The highest BCUT2D eigenvalue weighted by Crippen LogP contribution is 2.37. The summed E-state index contributed by atoms with van der Waals surface area (Å²) in [6, 6.07) is 6.61. The molecule has 0 bridgehead atoms. The zero-order valence-electron chi connectivity index (χ0n) is 20.8. The van der Waals surface area contributed by atoms with Crippen molar-refractivity contribution in [1.82, 2.24) is 10.2 Å². The number of nitrogens with one attached hydrogen (secondary N) is 1. The molecule has 1 aliphatic carbocycles. The highest BCUT2D eigenvalue weighted by molar-refractivity contribution is 7.92. The molecule has 1 atom stereocenters. The molecule has 0 spiro atoms. The second-order valence-electron chi connectivity index (χ2n) is 9.25. The van der Waals surface area contributed by atoms with E-state index in [9.17, 15) is 35.6 Å². The van der Waals surface area contributed by atoms with Crippen LogP contribution in [0.1, 0.15) is 43.7 Å². The summed E-state index contributed by atoms with van der Waals surface area (Å²) in [6.45, 7) is 0.435. The Hall–Kier alpha value is -2.86. The summed E-state index contributed by atoms with van der Waals surface area (Å²) < 4.78 is 79.4. The molecule has 0 heterocycles. The van der Waals surface area contributed by atoms with Crippen molar-refractivity contribution in [2.45, 2.75) is 57.4 Å². The van der Waals surface area contributed by atoms with Crippen LogP contribution in [0.3, 0.4) is 0 Å². The lowest BCUT2D eigenvalue weighted by molar-refractivity contribution is -0.139. The van der Waals surface area contributed by atoms with Gasteiger partial charge in [-0.05, 0) is 55.7 Å². The third-order valence-electron chi connectivity index (χ3n) is 6.36. The molecule has 208 valence electrons. The summed E-state index contributed by atoms with van der Waals surface area (Å²) in [6.07, 6.45) is -0.594. The number of alkyl halides is 3. The molecule has 1 aliphatic rings. The van der Waals surface area contributed by atoms with E-state index < -0.39 is 62.7 Å². The van der Waals surface area contributed by atoms with Crippen LogP contribution in [0.5, 0.6) is 0 Å². The van der Waals surface area contributed by atoms with E-state index in [1.165, 1.54) is 31.2 Å². The minimum absolute atomic E-state index is 0.0462. The molecular weight excluding hydrogens is 550 g/mol. The molecule has 2 aromatic rings. The van der Waals surface area contributed by atoms with E-state index in [0.717, 1.165) is 49.0 Å². The number of rotatable bonds is 9. The van der Waals surface area contributed by atoms with Crippen LogP contribution >= 0.6 is 11.6 Å². The number of carbonyl (C=O) groups excluding carboxylic acids is 2. The first-order valence-electron chi connectivity index (χ1n) is 11.9. The van der Waals surface area contributed by atoms with Gasteiger partial charge in [0.05, 0.1) is 22.5 Å². The zero-order chi connectivity index (χ0) is 28.3. The second kappa shape index (κ2) is 11.9. The van der Waals surface area contributed by atoms with Crippen molar-refractivity contribution >= 4 is 39.1 Å². The lowest BCUT2D eigenvalue weighted by Gasteiger charge is -2.32. The van der Waals surface area contributed by atoms with E-state index in [-0.39, 0.29) is 12.6 Å². The molecule has 1 N–H and O–H groups in total. The van der Waals surface area contributed by atoms with Crippen LogP contribution in [0.2, 0.25) is 5.02 Å². The molecule has 1 fully saturated rings. The maximum absolute atomic E-state index is 13.5. The summed E-state index contributed by atoms with van der Waals surface area (Å²) in [4.78, 5) is 27.6. The Kier molecular flexibility index (Phi) is 9.30. The monoisotopic (exact) mass is 577 g/mol. The summed E-state index contributed by atoms with van der Waals surface area (Å²) in [7, 11) is -4.24. The SMILES string of the molecule is C[C@H](C(=O)NC1CCCC1)N(Cc1ccc(F)cc1)C(=O)CN(c1ccc(Cl)c(C(F)(F)F)c1)S(C)(=O)=O. The first-order valence-corrected chi connectivity index (χ1v) is 14.1. The first kappa shape index (κ1) is 29.7. The van der Waals surface area contributed by atoms with Gasteiger partial charge < -0.3 is 10.2 Å². The van der Waals surface area contributed by atoms with E-state index >= 15 is 0 Å². The average molecular weight is 578 g/mol. The van der Waals surface area contributed by atoms with Crippen LogP contribution in [-0.4, -0.2) is 50.0 Å². The topological polar surface area (TPSA) is 86.8 Å². The smallest absolute Gasteiger partial charge is 0.352 e. The Labute approximate surface area is 223 Å². The van der Waals surface area contributed by atoms with Gasteiger partial charge in [-0.1, -0.05) is 36.6 Å². The first-order chi connectivity index (χ1) is 17.7. The number of anilines is 1. The molecule has 0 aromatic heterocycles. The van der Waals surface area contributed by atoms with Crippen LogP contribution in [0.15, 0.2) is 42.5 Å². The Balaban J connectivity index is 1.93. The predicted octanol–water partition coefficient (Wildman–Crippen LogP) is 4.74. The molecule has 0 unspecified atom stereocenters. The molecule has 3 rings (SSSR count). The van der Waals surface area contributed by atoms with Gasteiger partial charge in [-0.3, -0.25) is 13.9 Å². The molecular formula is C25H28ClF4N3O4S. The van der Waals surface area contributed by atoms with E-state index in [0.29, 0.717) is 15.9 Å². The van der Waals surface area contributed by atoms with Crippen molar-refractivity contribution < 1.29 is 35.6 Å². The predicted molar refractivity (Wildman–Crippen MR) is 135 cm³/mol. The van der Waals surface area contributed by atoms with Gasteiger partial charge in [0.2, 0.25) is 21.8 Å². The Bertz CT molecular complexity index is 1270. The number of carbonyl (C=O) groups is 2. The molecule has 2 aromatic carbocycles. The van der Waals surface area contributed by atoms with Gasteiger partial charge in [0, 0.05) is 12.6 Å². The Morgan fingerprint density at radius 1 is 1.11 bits per heavy atom. The summed E-state index contributed by atoms with van der Waals surface area (Å²) in [5.41, 5.74) is -1.20. The van der Waals surface area contributed by atoms with Crippen molar-refractivity contribution in [3.8, 4) is 0 Å². The third-order valence-corrected chi connectivity index (χ3v) is 7.83. The standard InChI is InChI=1S/C25H28ClF4N3O4S/c1-16(24(35)31-19-5-3-4-6-19)32(14-17-7-9-18(27)10-8-17)23(34)15-33(38(2,36)37)20-11-12-22(26)21(13-20)25(28,29)30/h7-13,16,19H,3-6,14-15H2,1-2H3,(H,31,35)/t16-/m1/s1. The largest absolute Gasteiger partial charge is 0.417 e. The second-order valence-corrected chi connectivity index (χ2v) is 11.6. The molecule has 7 nitrogen and oxygen atoms in total. The van der Waals surface area contributed by atoms with Gasteiger partial charge in [0.25, 0.3) is 0 Å². The van der Waals surface area contributed by atoms with E-state index in [1.54, 1.807) is 0 Å². The maximum atomic E-state index is 13.5. The Morgan fingerprint density at radius 3 is 2.26 bits per heavy atom. The molecule has 0 saturated heterocycles. The molecule has 13 heteroatoms. The summed E-state index contributed by atoms with van der Waals surface area (Å²) in [5.74, 6) is -1.80. The van der Waals surface area contributed by atoms with Crippen molar-refractivity contribution in [2.24, 2.45) is 0 Å². The number of halogens is 5. The van der Waals surface area contributed by atoms with E-state index in [2.05, 4.69) is 5.32 Å². The van der Waals surface area contributed by atoms with Gasteiger partial charge in [-0.15, -0.1) is 0 Å². The molecule has 1 saturated carbocycles. The molecule has 2 amide bonds. The summed E-state index contributed by atoms with van der Waals surface area (Å²) in [5, 5.41) is 2.26. The van der Waals surface area contributed by atoms with Crippen molar-refractivity contribution in [1.29, 1.82) is 0 Å². The fourth-order valence-electron chi connectivity index (χ4n) is 4.26. The Morgan fingerprint density at radius 2 is 1.71 bits per heavy atom. The van der Waals surface area contributed by atoms with Crippen LogP contribution in [0, 0.1) is 5.82 Å². The van der Waals surface area contributed by atoms with Gasteiger partial charge in [0.1, 0.15) is 18.4 Å². The van der Waals surface area contributed by atoms with Crippen molar-refractivity contribution in [3.05, 3.63) is 64.4 Å². The van der Waals surface area contributed by atoms with Gasteiger partial charge in [-0.2, -0.15) is 13.2 Å². The normalized spacial score (nSPS) is 15.2. The lowest BCUT2D eigenvalue weighted by Crippen LogP contribution is -2.52. The number of benzene rings is 2. The number of sulfonamides is 1. The van der Waals surface area contributed by atoms with Crippen LogP contribution in [0.25, 0.3) is 0 Å². The quantitative estimate of drug-likeness (QED) is 0.436. The highest BCUT2D eigenvalue weighted by Gasteiger charge is 2.36. The minimum atomic E-state index is -4.86. The molecule has 0 radical (unpaired) electrons. The van der Waals surface area contributed by atoms with Crippen LogP contribution < -0.4 is 9.62 Å². The van der Waals surface area contributed by atoms with Crippen LogP contribution in [0.4, 0.5) is 23.2 Å². The zero-order valence-corrected chi connectivity index (χ0v) is 22.3. The van der Waals surface area contributed by atoms with Gasteiger partial charge >= 0.3 is 6.18 Å². The number of hydrogen-bond donors (Lipinski definition) is 1. The van der Waals surface area contributed by atoms with Crippen molar-refractivity contribution in [2.75, 3.05) is 17.1 Å². The molecule has 38 heavy (non-hydrogen) atoms. The van der Waals surface area contributed by atoms with Crippen LogP contribution in [-0.2, 0) is 32.3 Å². The van der Waals surface area contributed by atoms with Crippen molar-refractivity contribution in [3.63, 3.8) is 0 Å². The van der Waals surface area contributed by atoms with E-state index in [1.807, 2.05) is 0 Å². The van der Waals surface area contributed by atoms with E-state index in [4.69, 9.17) is 11.6 Å². The average Bonchev–Trinajstić information content (AvgIpc) is 3.33. The maximum Gasteiger partial charge on any atom is 0.417 e. The minimum Gasteiger partial charge on any atom is -0.352 e. The van der Waals surface area contributed by atoms with Gasteiger partial charge in [-0.25, -0.2) is 12.8 Å². The van der Waals surface area contributed by atoms with Gasteiger partial charge in [0.15, 0.2) is 0 Å². The number of hydrogen-bond acceptors (Lipinski definition) is 4. The summed E-state index contributed by atoms with van der Waals surface area (Å²) >= 11 is 5.67. The highest BCUT2D eigenvalue weighted by atomic mass is 35.5. The fraction of sp³-hybridized carbons (Fsp3) is 0.440. The number of nitrogens with zero attached hydrogens (tertiary/aromatic N) is 2. The lowest BCUT2D eigenvalue weighted by atomic mass is 10.1. The molecule has 0 aliphatic heterocycles. The third kappa shape index (κ3) is 7.59. The fourth-order valence-corrected chi connectivity index (χ4v) is 5.33. The number of amides is 2.